The summed E-state index contributed by atoms with van der Waals surface area (Å²) in [6, 6.07) is -1.35. The van der Waals surface area contributed by atoms with Gasteiger partial charge in [0.25, 0.3) is 0 Å². The van der Waals surface area contributed by atoms with Crippen LogP contribution in [0.25, 0.3) is 0 Å². The Labute approximate surface area is 91.6 Å². The van der Waals surface area contributed by atoms with E-state index in [0.29, 0.717) is 5.69 Å². The van der Waals surface area contributed by atoms with E-state index >= 15 is 0 Å². The van der Waals surface area contributed by atoms with Crippen LogP contribution in [-0.4, -0.2) is 26.4 Å². The lowest BCUT2D eigenvalue weighted by Crippen LogP contribution is -2.45. The first kappa shape index (κ1) is 10.6. The molecule has 0 aromatic carbocycles. The van der Waals surface area contributed by atoms with Crippen LogP contribution in [0.4, 0.5) is 0 Å². The average molecular weight is 224 g/mol. The number of nitrogens with one attached hydrogen (secondary N) is 1. The van der Waals surface area contributed by atoms with Crippen molar-refractivity contribution in [3.63, 3.8) is 0 Å². The van der Waals surface area contributed by atoms with E-state index in [2.05, 4.69) is 10.3 Å². The van der Waals surface area contributed by atoms with Crippen LogP contribution in [0.15, 0.2) is 12.5 Å². The fraction of sp³-hybridized carbons (Fsp3) is 0.556. The van der Waals surface area contributed by atoms with Crippen molar-refractivity contribution < 1.29 is 9.72 Å². The summed E-state index contributed by atoms with van der Waals surface area (Å²) in [7, 11) is 1.75. The van der Waals surface area contributed by atoms with Gasteiger partial charge in [0.05, 0.1) is 18.2 Å². The Morgan fingerprint density at radius 1 is 1.69 bits per heavy atom. The molecule has 1 N–H and O–H groups in total. The summed E-state index contributed by atoms with van der Waals surface area (Å²) >= 11 is 0. The monoisotopic (exact) mass is 224 g/mol. The molecule has 0 unspecified atom stereocenters. The van der Waals surface area contributed by atoms with E-state index in [-0.39, 0.29) is 23.7 Å². The second-order valence-corrected chi connectivity index (χ2v) is 3.87. The highest BCUT2D eigenvalue weighted by Gasteiger charge is 2.39. The van der Waals surface area contributed by atoms with Crippen LogP contribution in [0.5, 0.6) is 0 Å². The molecule has 1 saturated heterocycles. The van der Waals surface area contributed by atoms with Gasteiger partial charge < -0.3 is 9.88 Å². The van der Waals surface area contributed by atoms with Crippen molar-refractivity contribution in [3.05, 3.63) is 28.3 Å². The smallest absolute Gasteiger partial charge is 0.239 e. The molecule has 7 nitrogen and oxygen atoms in total. The Morgan fingerprint density at radius 3 is 3.00 bits per heavy atom. The number of nitrogens with zero attached hydrogens (tertiary/aromatic N) is 3. The lowest BCUT2D eigenvalue weighted by Gasteiger charge is -2.26. The molecule has 0 spiro atoms. The van der Waals surface area contributed by atoms with Gasteiger partial charge in [0.2, 0.25) is 11.9 Å². The van der Waals surface area contributed by atoms with Crippen molar-refractivity contribution in [1.82, 2.24) is 14.9 Å². The summed E-state index contributed by atoms with van der Waals surface area (Å²) in [5, 5.41) is 13.6. The quantitative estimate of drug-likeness (QED) is 0.566. The predicted molar refractivity (Wildman–Crippen MR) is 54.1 cm³/mol. The molecule has 1 amide bonds. The summed E-state index contributed by atoms with van der Waals surface area (Å²) in [5.41, 5.74) is 0.662. The molecule has 2 atom stereocenters. The van der Waals surface area contributed by atoms with Crippen molar-refractivity contribution in [2.75, 3.05) is 0 Å². The van der Waals surface area contributed by atoms with Gasteiger partial charge in [0.1, 0.15) is 6.04 Å². The molecular weight excluding hydrogens is 212 g/mol. The molecule has 2 heterocycles. The topological polar surface area (TPSA) is 90.1 Å². The van der Waals surface area contributed by atoms with Gasteiger partial charge in [-0.25, -0.2) is 4.98 Å². The van der Waals surface area contributed by atoms with Gasteiger partial charge in [0.15, 0.2) is 0 Å². The van der Waals surface area contributed by atoms with E-state index in [9.17, 15) is 14.9 Å². The van der Waals surface area contributed by atoms with Gasteiger partial charge in [-0.05, 0) is 0 Å². The Kier molecular flexibility index (Phi) is 2.59. The van der Waals surface area contributed by atoms with Crippen LogP contribution in [0.2, 0.25) is 0 Å². The van der Waals surface area contributed by atoms with Crippen LogP contribution in [-0.2, 0) is 11.8 Å². The summed E-state index contributed by atoms with van der Waals surface area (Å²) in [6.07, 6.45) is 3.59. The molecule has 0 radical (unpaired) electrons. The maximum Gasteiger partial charge on any atom is 0.239 e. The number of aryl methyl sites for hydroxylation is 1. The van der Waals surface area contributed by atoms with Crippen molar-refractivity contribution >= 4 is 5.91 Å². The standard InChI is InChI=1S/C9H12N4O3/c1-12-5-10-4-7(12)9-6(13(15)16)2-3-8(14)11-9/h4-6,9H,2-3H2,1H3,(H,11,14)/t6-,9-/m1/s1. The van der Waals surface area contributed by atoms with Crippen LogP contribution in [0.3, 0.4) is 0 Å². The van der Waals surface area contributed by atoms with E-state index in [1.54, 1.807) is 24.1 Å². The van der Waals surface area contributed by atoms with Gasteiger partial charge in [-0.3, -0.25) is 14.9 Å². The number of hydrogen-bond acceptors (Lipinski definition) is 4. The van der Waals surface area contributed by atoms with Crippen LogP contribution < -0.4 is 5.32 Å². The molecule has 1 aromatic rings. The Morgan fingerprint density at radius 2 is 2.44 bits per heavy atom. The van der Waals surface area contributed by atoms with E-state index in [1.807, 2.05) is 0 Å². The molecule has 1 aliphatic rings. The molecule has 2 rings (SSSR count). The number of hydrogen-bond donors (Lipinski definition) is 1. The maximum atomic E-state index is 11.3. The van der Waals surface area contributed by atoms with Gasteiger partial charge in [0, 0.05) is 24.8 Å². The van der Waals surface area contributed by atoms with Gasteiger partial charge in [-0.2, -0.15) is 0 Å². The zero-order chi connectivity index (χ0) is 11.7. The number of rotatable bonds is 2. The van der Waals surface area contributed by atoms with E-state index in [1.165, 1.54) is 0 Å². The molecule has 0 saturated carbocycles. The number of carbonyl (C=O) groups excluding carboxylic acids is 1. The lowest BCUT2D eigenvalue weighted by atomic mass is 9.96. The Balaban J connectivity index is 2.31. The largest absolute Gasteiger partial charge is 0.341 e. The fourth-order valence-corrected chi connectivity index (χ4v) is 1.95. The number of piperidine rings is 1. The van der Waals surface area contributed by atoms with Crippen molar-refractivity contribution in [1.29, 1.82) is 0 Å². The first-order valence-corrected chi connectivity index (χ1v) is 4.98. The van der Waals surface area contributed by atoms with Gasteiger partial charge in [-0.15, -0.1) is 0 Å². The maximum absolute atomic E-state index is 11.3. The minimum atomic E-state index is -0.770. The molecule has 0 bridgehead atoms. The first-order valence-electron chi connectivity index (χ1n) is 4.98. The van der Waals surface area contributed by atoms with Crippen LogP contribution in [0, 0.1) is 10.1 Å². The van der Waals surface area contributed by atoms with Crippen molar-refractivity contribution in [3.8, 4) is 0 Å². The summed E-state index contributed by atoms with van der Waals surface area (Å²) in [6.45, 7) is 0. The summed E-state index contributed by atoms with van der Waals surface area (Å²) < 4.78 is 1.69. The lowest BCUT2D eigenvalue weighted by molar-refractivity contribution is -0.530. The SMILES string of the molecule is Cn1cncc1[C@@H]1NC(=O)CC[C@H]1[N+](=O)[O-]. The first-order chi connectivity index (χ1) is 7.59. The second-order valence-electron chi connectivity index (χ2n) is 3.87. The third-order valence-electron chi connectivity index (χ3n) is 2.81. The molecule has 16 heavy (non-hydrogen) atoms. The number of imidazole rings is 1. The Bertz CT molecular complexity index is 428. The summed E-state index contributed by atoms with van der Waals surface area (Å²) in [5.74, 6) is -0.149. The number of nitro groups is 1. The third-order valence-corrected chi connectivity index (χ3v) is 2.81. The zero-order valence-corrected chi connectivity index (χ0v) is 8.79. The normalized spacial score (nSPS) is 25.2. The molecule has 1 aliphatic heterocycles. The molecule has 1 aromatic heterocycles. The van der Waals surface area contributed by atoms with Crippen LogP contribution >= 0.6 is 0 Å². The highest BCUT2D eigenvalue weighted by molar-refractivity contribution is 5.77. The highest BCUT2D eigenvalue weighted by Crippen LogP contribution is 2.25. The number of aromatic nitrogens is 2. The fourth-order valence-electron chi connectivity index (χ4n) is 1.95. The second kappa shape index (κ2) is 3.92. The summed E-state index contributed by atoms with van der Waals surface area (Å²) in [4.78, 5) is 25.8. The zero-order valence-electron chi connectivity index (χ0n) is 8.79. The molecular formula is C9H12N4O3. The minimum absolute atomic E-state index is 0.149. The van der Waals surface area contributed by atoms with E-state index in [0.717, 1.165) is 0 Å². The molecule has 1 fully saturated rings. The molecule has 86 valence electrons. The average Bonchev–Trinajstić information content (AvgIpc) is 2.63. The minimum Gasteiger partial charge on any atom is -0.341 e. The van der Waals surface area contributed by atoms with E-state index < -0.39 is 12.1 Å². The molecule has 7 heteroatoms. The van der Waals surface area contributed by atoms with E-state index in [4.69, 9.17) is 0 Å². The number of amides is 1. The third kappa shape index (κ3) is 1.75. The van der Waals surface area contributed by atoms with Gasteiger partial charge in [-0.1, -0.05) is 0 Å². The van der Waals surface area contributed by atoms with Gasteiger partial charge >= 0.3 is 0 Å². The van der Waals surface area contributed by atoms with Crippen molar-refractivity contribution in [2.24, 2.45) is 7.05 Å². The van der Waals surface area contributed by atoms with Crippen molar-refractivity contribution in [2.45, 2.75) is 24.9 Å². The highest BCUT2D eigenvalue weighted by atomic mass is 16.6. The molecule has 0 aliphatic carbocycles. The Hall–Kier alpha value is -1.92. The van der Waals surface area contributed by atoms with Crippen LogP contribution in [0.1, 0.15) is 24.6 Å². The number of carbonyl (C=O) groups is 1. The predicted octanol–water partition coefficient (Wildman–Crippen LogP) is 0.0165.